The van der Waals surface area contributed by atoms with Crippen LogP contribution in [0.15, 0.2) is 54.4 Å². The third-order valence-corrected chi connectivity index (χ3v) is 6.37. The van der Waals surface area contributed by atoms with Gasteiger partial charge >= 0.3 is 0 Å². The van der Waals surface area contributed by atoms with Crippen LogP contribution in [0.5, 0.6) is 0 Å². The Hall–Kier alpha value is -2.47. The Bertz CT molecular complexity index is 829. The summed E-state index contributed by atoms with van der Waals surface area (Å²) in [6, 6.07) is 10.1. The van der Waals surface area contributed by atoms with Crippen molar-refractivity contribution in [1.29, 1.82) is 0 Å². The molecule has 1 aliphatic carbocycles. The second-order valence-corrected chi connectivity index (χ2v) is 8.83. The fraction of sp³-hybridized carbons (Fsp3) is 0.417. The number of hydrogen-bond donors (Lipinski definition) is 0. The monoisotopic (exact) mass is 428 g/mol. The maximum Gasteiger partial charge on any atom is 0.242 e. The molecule has 0 saturated heterocycles. The van der Waals surface area contributed by atoms with Gasteiger partial charge in [0.2, 0.25) is 11.8 Å². The smallest absolute Gasteiger partial charge is 0.242 e. The molecule has 1 fully saturated rings. The molecule has 0 spiro atoms. The van der Waals surface area contributed by atoms with Gasteiger partial charge in [-0.25, -0.2) is 4.39 Å². The molecule has 0 unspecified atom stereocenters. The lowest BCUT2D eigenvalue weighted by atomic mass is 9.88. The molecule has 3 rings (SSSR count). The topological polar surface area (TPSA) is 40.6 Å². The van der Waals surface area contributed by atoms with Crippen LogP contribution in [-0.2, 0) is 22.7 Å². The third kappa shape index (κ3) is 6.26. The Morgan fingerprint density at radius 3 is 2.43 bits per heavy atom. The molecule has 0 radical (unpaired) electrons. The highest BCUT2D eigenvalue weighted by molar-refractivity contribution is 7.09. The number of carbonyl (C=O) groups excluding carboxylic acids is 2. The van der Waals surface area contributed by atoms with Crippen LogP contribution in [0.2, 0.25) is 0 Å². The van der Waals surface area contributed by atoms with Crippen molar-refractivity contribution in [2.45, 2.75) is 45.2 Å². The van der Waals surface area contributed by atoms with Crippen LogP contribution < -0.4 is 0 Å². The lowest BCUT2D eigenvalue weighted by Gasteiger charge is -2.30. The van der Waals surface area contributed by atoms with Crippen molar-refractivity contribution in [3.8, 4) is 0 Å². The number of benzene rings is 1. The summed E-state index contributed by atoms with van der Waals surface area (Å²) in [5.74, 6) is -0.348. The van der Waals surface area contributed by atoms with Gasteiger partial charge in [0.1, 0.15) is 12.4 Å². The molecule has 2 aromatic rings. The number of rotatable bonds is 9. The molecule has 0 aliphatic heterocycles. The summed E-state index contributed by atoms with van der Waals surface area (Å²) in [6.45, 7) is 5.00. The predicted molar refractivity (Wildman–Crippen MR) is 118 cm³/mol. The normalized spacial score (nSPS) is 14.3. The Labute approximate surface area is 182 Å². The van der Waals surface area contributed by atoms with Crippen molar-refractivity contribution in [1.82, 2.24) is 9.80 Å². The summed E-state index contributed by atoms with van der Waals surface area (Å²) in [5.41, 5.74) is 0.857. The van der Waals surface area contributed by atoms with Crippen molar-refractivity contribution < 1.29 is 14.0 Å². The number of amides is 2. The zero-order chi connectivity index (χ0) is 21.3. The van der Waals surface area contributed by atoms with Gasteiger partial charge in [-0.1, -0.05) is 43.5 Å². The molecule has 1 saturated carbocycles. The molecule has 160 valence electrons. The number of hydrogen-bond acceptors (Lipinski definition) is 3. The van der Waals surface area contributed by atoms with Crippen molar-refractivity contribution in [2.75, 3.05) is 13.1 Å². The summed E-state index contributed by atoms with van der Waals surface area (Å²) < 4.78 is 13.3. The Balaban J connectivity index is 1.72. The second kappa shape index (κ2) is 11.1. The zero-order valence-corrected chi connectivity index (χ0v) is 18.1. The van der Waals surface area contributed by atoms with Crippen molar-refractivity contribution >= 4 is 23.2 Å². The minimum atomic E-state index is -0.301. The summed E-state index contributed by atoms with van der Waals surface area (Å²) in [5, 5.41) is 1.98. The van der Waals surface area contributed by atoms with Gasteiger partial charge < -0.3 is 9.80 Å². The highest BCUT2D eigenvalue weighted by atomic mass is 32.1. The molecule has 0 atom stereocenters. The largest absolute Gasteiger partial charge is 0.332 e. The van der Waals surface area contributed by atoms with Crippen LogP contribution in [0.25, 0.3) is 0 Å². The lowest BCUT2D eigenvalue weighted by Crippen LogP contribution is -2.44. The first-order valence-electron chi connectivity index (χ1n) is 10.5. The van der Waals surface area contributed by atoms with Crippen LogP contribution in [0.1, 0.15) is 42.5 Å². The van der Waals surface area contributed by atoms with E-state index in [1.165, 1.54) is 18.6 Å². The number of halogens is 1. The van der Waals surface area contributed by atoms with Gasteiger partial charge in [0.15, 0.2) is 0 Å². The maximum atomic E-state index is 13.3. The van der Waals surface area contributed by atoms with E-state index in [4.69, 9.17) is 0 Å². The van der Waals surface area contributed by atoms with E-state index in [-0.39, 0.29) is 30.1 Å². The zero-order valence-electron chi connectivity index (χ0n) is 17.3. The van der Waals surface area contributed by atoms with Gasteiger partial charge in [0.05, 0.1) is 6.54 Å². The predicted octanol–water partition coefficient (Wildman–Crippen LogP) is 5.01. The standard InChI is InChI=1S/C24H29FN2O2S/c1-2-14-26(24(29)20-7-4-3-5-8-20)18-23(28)27(17-22-9-6-15-30-22)16-19-10-12-21(25)13-11-19/h2,6,9-13,15,20H,1,3-5,7-8,14,16-18H2. The first kappa shape index (κ1) is 22.2. The maximum absolute atomic E-state index is 13.3. The number of thiophene rings is 1. The van der Waals surface area contributed by atoms with Crippen LogP contribution in [-0.4, -0.2) is 34.7 Å². The Morgan fingerprint density at radius 1 is 1.07 bits per heavy atom. The molecule has 2 amide bonds. The number of carbonyl (C=O) groups is 2. The van der Waals surface area contributed by atoms with Gasteiger partial charge in [0, 0.05) is 23.9 Å². The van der Waals surface area contributed by atoms with E-state index in [9.17, 15) is 14.0 Å². The van der Waals surface area contributed by atoms with E-state index in [1.807, 2.05) is 17.5 Å². The number of nitrogens with zero attached hydrogens (tertiary/aromatic N) is 2. The summed E-state index contributed by atoms with van der Waals surface area (Å²) >= 11 is 1.59. The van der Waals surface area contributed by atoms with E-state index in [1.54, 1.807) is 39.3 Å². The van der Waals surface area contributed by atoms with Crippen LogP contribution >= 0.6 is 11.3 Å². The minimum Gasteiger partial charge on any atom is -0.332 e. The van der Waals surface area contributed by atoms with Gasteiger partial charge in [-0.05, 0) is 42.0 Å². The van der Waals surface area contributed by atoms with Crippen LogP contribution in [0.4, 0.5) is 4.39 Å². The third-order valence-electron chi connectivity index (χ3n) is 5.51. The molecule has 1 heterocycles. The second-order valence-electron chi connectivity index (χ2n) is 7.80. The highest BCUT2D eigenvalue weighted by Crippen LogP contribution is 2.25. The molecule has 0 N–H and O–H groups in total. The first-order chi connectivity index (χ1) is 14.6. The van der Waals surface area contributed by atoms with Crippen molar-refractivity contribution in [3.05, 3.63) is 70.7 Å². The fourth-order valence-electron chi connectivity index (χ4n) is 3.89. The van der Waals surface area contributed by atoms with Gasteiger partial charge in [-0.3, -0.25) is 9.59 Å². The average molecular weight is 429 g/mol. The van der Waals surface area contributed by atoms with E-state index in [0.717, 1.165) is 36.1 Å². The van der Waals surface area contributed by atoms with Crippen LogP contribution in [0, 0.1) is 11.7 Å². The van der Waals surface area contributed by atoms with Gasteiger partial charge in [0.25, 0.3) is 0 Å². The summed E-state index contributed by atoms with van der Waals surface area (Å²) in [7, 11) is 0. The van der Waals surface area contributed by atoms with Gasteiger partial charge in [-0.2, -0.15) is 0 Å². The average Bonchev–Trinajstić information content (AvgIpc) is 3.28. The lowest BCUT2D eigenvalue weighted by molar-refractivity contribution is -0.143. The SMILES string of the molecule is C=CCN(CC(=O)N(Cc1ccc(F)cc1)Cc1cccs1)C(=O)C1CCCCC1. The molecular formula is C24H29FN2O2S. The molecule has 4 nitrogen and oxygen atoms in total. The molecular weight excluding hydrogens is 399 g/mol. The van der Waals surface area contributed by atoms with E-state index < -0.39 is 0 Å². The molecule has 1 aromatic carbocycles. The quantitative estimate of drug-likeness (QED) is 0.527. The molecule has 1 aliphatic rings. The molecule has 1 aromatic heterocycles. The minimum absolute atomic E-state index is 0.00865. The Morgan fingerprint density at radius 2 is 1.80 bits per heavy atom. The van der Waals surface area contributed by atoms with E-state index >= 15 is 0 Å². The Kier molecular flexibility index (Phi) is 8.20. The van der Waals surface area contributed by atoms with Gasteiger partial charge in [-0.15, -0.1) is 17.9 Å². The molecule has 6 heteroatoms. The van der Waals surface area contributed by atoms with Crippen LogP contribution in [0.3, 0.4) is 0 Å². The molecule has 0 bridgehead atoms. The van der Waals surface area contributed by atoms with E-state index in [0.29, 0.717) is 19.6 Å². The van der Waals surface area contributed by atoms with Crippen molar-refractivity contribution in [2.24, 2.45) is 5.92 Å². The van der Waals surface area contributed by atoms with E-state index in [2.05, 4.69) is 6.58 Å². The first-order valence-corrected chi connectivity index (χ1v) is 11.4. The highest BCUT2D eigenvalue weighted by Gasteiger charge is 2.28. The molecule has 30 heavy (non-hydrogen) atoms. The van der Waals surface area contributed by atoms with Crippen molar-refractivity contribution in [3.63, 3.8) is 0 Å². The summed E-state index contributed by atoms with van der Waals surface area (Å²) in [4.78, 5) is 30.7. The summed E-state index contributed by atoms with van der Waals surface area (Å²) in [6.07, 6.45) is 6.79. The fourth-order valence-corrected chi connectivity index (χ4v) is 4.61.